The zero-order chi connectivity index (χ0) is 31.9. The van der Waals surface area contributed by atoms with Crippen LogP contribution in [0.4, 0.5) is 23.2 Å². The third-order valence-electron chi connectivity index (χ3n) is 8.04. The number of anilines is 1. The minimum atomic E-state index is -4.85. The quantitative estimate of drug-likeness (QED) is 0.252. The smallest absolute Gasteiger partial charge is 0.330 e. The molecule has 0 spiro atoms. The Hall–Kier alpha value is -4.65. The summed E-state index contributed by atoms with van der Waals surface area (Å²) in [6, 6.07) is 4.52. The molecule has 232 valence electrons. The van der Waals surface area contributed by atoms with Gasteiger partial charge in [-0.1, -0.05) is 24.9 Å². The minimum absolute atomic E-state index is 0.0222. The maximum atomic E-state index is 15.0. The van der Waals surface area contributed by atoms with Gasteiger partial charge in [-0.05, 0) is 49.1 Å². The predicted octanol–water partition coefficient (Wildman–Crippen LogP) is 6.65. The molecule has 1 aromatic carbocycles. The first-order valence-corrected chi connectivity index (χ1v) is 14.6. The Morgan fingerprint density at radius 1 is 1.09 bits per heavy atom. The van der Waals surface area contributed by atoms with Crippen molar-refractivity contribution in [3.8, 4) is 16.9 Å². The molecule has 0 saturated heterocycles. The molecule has 0 radical (unpaired) electrons. The molecule has 5 heterocycles. The molecule has 0 aliphatic carbocycles. The molecular formula is C31H26ClF4N7O2. The SMILES string of the molecule is CC1CCCC(N2CCC(c3c(C(F)(F)F)ccc(Cl)c3F)=CC2=O)c2cc(ccn2)-c2nn(-c3cncnc3)cc2NC1=O. The molecule has 2 aliphatic heterocycles. The van der Waals surface area contributed by atoms with E-state index in [1.54, 1.807) is 41.6 Å². The molecule has 2 atom stereocenters. The molecule has 3 aromatic heterocycles. The van der Waals surface area contributed by atoms with Crippen LogP contribution >= 0.6 is 11.6 Å². The molecule has 0 saturated carbocycles. The van der Waals surface area contributed by atoms with Gasteiger partial charge in [-0.15, -0.1) is 0 Å². The van der Waals surface area contributed by atoms with Gasteiger partial charge in [0.1, 0.15) is 23.5 Å². The molecule has 14 heteroatoms. The van der Waals surface area contributed by atoms with E-state index < -0.39 is 40.1 Å². The van der Waals surface area contributed by atoms with Crippen LogP contribution in [-0.2, 0) is 15.8 Å². The van der Waals surface area contributed by atoms with Crippen molar-refractivity contribution < 1.29 is 27.2 Å². The third kappa shape index (κ3) is 6.04. The Kier molecular flexibility index (Phi) is 8.12. The predicted molar refractivity (Wildman–Crippen MR) is 157 cm³/mol. The highest BCUT2D eigenvalue weighted by molar-refractivity contribution is 6.31. The molecule has 45 heavy (non-hydrogen) atoms. The van der Waals surface area contributed by atoms with E-state index in [1.807, 2.05) is 6.92 Å². The number of hydrogen-bond acceptors (Lipinski definition) is 6. The molecule has 0 fully saturated rings. The second kappa shape index (κ2) is 12.0. The highest BCUT2D eigenvalue weighted by Gasteiger charge is 2.38. The average molecular weight is 640 g/mol. The molecule has 4 aromatic rings. The highest BCUT2D eigenvalue weighted by Crippen LogP contribution is 2.42. The summed E-state index contributed by atoms with van der Waals surface area (Å²) in [4.78, 5) is 40.9. The zero-order valence-corrected chi connectivity index (χ0v) is 24.6. The molecule has 2 amide bonds. The van der Waals surface area contributed by atoms with E-state index in [9.17, 15) is 27.2 Å². The van der Waals surface area contributed by atoms with Crippen LogP contribution in [0.25, 0.3) is 22.5 Å². The Morgan fingerprint density at radius 2 is 1.87 bits per heavy atom. The average Bonchev–Trinajstić information content (AvgIpc) is 3.44. The summed E-state index contributed by atoms with van der Waals surface area (Å²) in [5, 5.41) is 7.20. The molecule has 2 aliphatic rings. The number of nitrogens with one attached hydrogen (secondary N) is 1. The topological polar surface area (TPSA) is 106 Å². The summed E-state index contributed by atoms with van der Waals surface area (Å²) in [5.41, 5.74) is 0.696. The van der Waals surface area contributed by atoms with Crippen molar-refractivity contribution in [2.75, 3.05) is 11.9 Å². The van der Waals surface area contributed by atoms with Gasteiger partial charge < -0.3 is 10.2 Å². The van der Waals surface area contributed by atoms with Crippen molar-refractivity contribution in [1.29, 1.82) is 0 Å². The first-order valence-electron chi connectivity index (χ1n) is 14.2. The largest absolute Gasteiger partial charge is 0.417 e. The number of hydrogen-bond donors (Lipinski definition) is 1. The Bertz CT molecular complexity index is 1810. The molecule has 9 nitrogen and oxygen atoms in total. The minimum Gasteiger partial charge on any atom is -0.330 e. The Morgan fingerprint density at radius 3 is 2.60 bits per heavy atom. The fourth-order valence-electron chi connectivity index (χ4n) is 5.73. The number of rotatable bonds is 3. The van der Waals surface area contributed by atoms with Gasteiger partial charge in [-0.25, -0.2) is 19.0 Å². The maximum Gasteiger partial charge on any atom is 0.417 e. The molecule has 2 bridgehead atoms. The van der Waals surface area contributed by atoms with Gasteiger partial charge in [0.2, 0.25) is 11.8 Å². The van der Waals surface area contributed by atoms with Crippen LogP contribution in [0.3, 0.4) is 0 Å². The first-order chi connectivity index (χ1) is 21.5. The molecule has 1 N–H and O–H groups in total. The number of carbonyl (C=O) groups excluding carboxylic acids is 2. The number of amides is 2. The van der Waals surface area contributed by atoms with Crippen LogP contribution < -0.4 is 5.32 Å². The number of nitrogens with zero attached hydrogens (tertiary/aromatic N) is 6. The summed E-state index contributed by atoms with van der Waals surface area (Å²) in [7, 11) is 0. The van der Waals surface area contributed by atoms with Gasteiger partial charge in [-0.2, -0.15) is 18.3 Å². The van der Waals surface area contributed by atoms with Gasteiger partial charge in [0.25, 0.3) is 0 Å². The number of pyridine rings is 1. The first kappa shape index (κ1) is 30.4. The highest BCUT2D eigenvalue weighted by atomic mass is 35.5. The fraction of sp³-hybridized carbons (Fsp3) is 0.290. The van der Waals surface area contributed by atoms with Gasteiger partial charge >= 0.3 is 6.18 Å². The second-order valence-electron chi connectivity index (χ2n) is 11.0. The van der Waals surface area contributed by atoms with Gasteiger partial charge in [-0.3, -0.25) is 14.6 Å². The van der Waals surface area contributed by atoms with E-state index in [0.717, 1.165) is 18.2 Å². The van der Waals surface area contributed by atoms with Crippen LogP contribution in [0.2, 0.25) is 5.02 Å². The van der Waals surface area contributed by atoms with E-state index in [-0.39, 0.29) is 30.4 Å². The number of carbonyl (C=O) groups is 2. The number of halogens is 5. The van der Waals surface area contributed by atoms with Crippen LogP contribution in [0.15, 0.2) is 61.5 Å². The lowest BCUT2D eigenvalue weighted by atomic mass is 9.91. The monoisotopic (exact) mass is 639 g/mol. The zero-order valence-electron chi connectivity index (χ0n) is 23.9. The van der Waals surface area contributed by atoms with E-state index >= 15 is 0 Å². The van der Waals surface area contributed by atoms with Crippen molar-refractivity contribution in [1.82, 2.24) is 29.6 Å². The van der Waals surface area contributed by atoms with Gasteiger partial charge in [0.05, 0.1) is 46.6 Å². The summed E-state index contributed by atoms with van der Waals surface area (Å²) < 4.78 is 57.9. The standard InChI is InChI=1S/C31H26ClF4N7O2/c1-17-3-2-4-25(42-10-8-18(12-26(42)44)27-21(31(34,35)36)5-6-22(32)28(27)33)23-11-19(7-9-39-23)29-24(40-30(17)45)15-43(41-29)20-13-37-16-38-14-20/h5-7,9,11-17,25H,2-4,8,10H2,1H3,(H,40,45). The Balaban J connectivity index is 1.39. The van der Waals surface area contributed by atoms with Crippen molar-refractivity contribution in [3.05, 3.63) is 89.1 Å². The van der Waals surface area contributed by atoms with Crippen LogP contribution in [0.1, 0.15) is 55.5 Å². The van der Waals surface area contributed by atoms with E-state index in [4.69, 9.17) is 11.6 Å². The summed E-state index contributed by atoms with van der Waals surface area (Å²) >= 11 is 5.85. The molecule has 2 unspecified atom stereocenters. The van der Waals surface area contributed by atoms with E-state index in [0.29, 0.717) is 47.6 Å². The molecular weight excluding hydrogens is 614 g/mol. The van der Waals surface area contributed by atoms with Crippen LogP contribution in [-0.4, -0.2) is 48.0 Å². The lowest BCUT2D eigenvalue weighted by Gasteiger charge is -2.35. The number of benzene rings is 1. The Labute approximate surface area is 260 Å². The van der Waals surface area contributed by atoms with E-state index in [1.165, 1.54) is 11.2 Å². The maximum absolute atomic E-state index is 15.0. The lowest BCUT2D eigenvalue weighted by molar-refractivity contribution is -0.138. The summed E-state index contributed by atoms with van der Waals surface area (Å²) in [5.74, 6) is -2.36. The van der Waals surface area contributed by atoms with Crippen molar-refractivity contribution in [3.63, 3.8) is 0 Å². The number of aromatic nitrogens is 5. The molecule has 6 rings (SSSR count). The summed E-state index contributed by atoms with van der Waals surface area (Å²) in [6.45, 7) is 1.83. The lowest BCUT2D eigenvalue weighted by Crippen LogP contribution is -2.38. The van der Waals surface area contributed by atoms with Crippen LogP contribution in [0, 0.1) is 11.7 Å². The normalized spacial score (nSPS) is 19.2. The number of fused-ring (bicyclic) bond motifs is 4. The van der Waals surface area contributed by atoms with Crippen molar-refractivity contribution >= 4 is 34.7 Å². The van der Waals surface area contributed by atoms with Gasteiger partial charge in [0, 0.05) is 35.9 Å². The van der Waals surface area contributed by atoms with Crippen LogP contribution in [0.5, 0.6) is 0 Å². The van der Waals surface area contributed by atoms with E-state index in [2.05, 4.69) is 25.4 Å². The number of alkyl halides is 3. The second-order valence-corrected chi connectivity index (χ2v) is 11.4. The fourth-order valence-corrected chi connectivity index (χ4v) is 5.89. The summed E-state index contributed by atoms with van der Waals surface area (Å²) in [6.07, 6.45) is 5.47. The van der Waals surface area contributed by atoms with Crippen molar-refractivity contribution in [2.45, 2.75) is 44.8 Å². The van der Waals surface area contributed by atoms with Gasteiger partial charge in [0.15, 0.2) is 0 Å². The van der Waals surface area contributed by atoms with Crippen molar-refractivity contribution in [2.24, 2.45) is 5.92 Å². The third-order valence-corrected chi connectivity index (χ3v) is 8.33.